The Morgan fingerprint density at radius 1 is 1.39 bits per heavy atom. The SMILES string of the molecule is CCCCC(OC(=O)c1cc2occc2n1C(C)C)C(=O)NCC1CCCO1. The van der Waals surface area contributed by atoms with E-state index in [-0.39, 0.29) is 18.1 Å². The van der Waals surface area contributed by atoms with Crippen molar-refractivity contribution in [1.29, 1.82) is 0 Å². The molecule has 1 aliphatic heterocycles. The number of esters is 1. The predicted octanol–water partition coefficient (Wildman–Crippen LogP) is 3.83. The first kappa shape index (κ1) is 20.5. The van der Waals surface area contributed by atoms with Gasteiger partial charge in [0.1, 0.15) is 5.69 Å². The van der Waals surface area contributed by atoms with E-state index < -0.39 is 12.1 Å². The fraction of sp³-hybridized carbons (Fsp3) is 0.619. The second kappa shape index (κ2) is 9.28. The molecule has 1 fully saturated rings. The third-order valence-corrected chi connectivity index (χ3v) is 5.08. The second-order valence-corrected chi connectivity index (χ2v) is 7.58. The summed E-state index contributed by atoms with van der Waals surface area (Å²) in [7, 11) is 0. The monoisotopic (exact) mass is 390 g/mol. The van der Waals surface area contributed by atoms with Crippen LogP contribution in [0.15, 0.2) is 22.8 Å². The summed E-state index contributed by atoms with van der Waals surface area (Å²) in [6.45, 7) is 7.22. The Morgan fingerprint density at radius 3 is 2.89 bits per heavy atom. The summed E-state index contributed by atoms with van der Waals surface area (Å²) in [6.07, 6.45) is 5.02. The molecule has 0 spiro atoms. The van der Waals surface area contributed by atoms with Crippen molar-refractivity contribution in [3.05, 3.63) is 24.1 Å². The van der Waals surface area contributed by atoms with Crippen molar-refractivity contribution in [2.24, 2.45) is 0 Å². The van der Waals surface area contributed by atoms with Crippen molar-refractivity contribution in [1.82, 2.24) is 9.88 Å². The van der Waals surface area contributed by atoms with Gasteiger partial charge >= 0.3 is 5.97 Å². The average molecular weight is 390 g/mol. The molecule has 0 saturated carbocycles. The molecule has 3 rings (SSSR count). The van der Waals surface area contributed by atoms with Gasteiger partial charge in [0, 0.05) is 31.3 Å². The zero-order valence-corrected chi connectivity index (χ0v) is 16.9. The summed E-state index contributed by atoms with van der Waals surface area (Å²) < 4.78 is 18.5. The summed E-state index contributed by atoms with van der Waals surface area (Å²) in [5.41, 5.74) is 1.88. The summed E-state index contributed by atoms with van der Waals surface area (Å²) in [6, 6.07) is 3.56. The standard InChI is InChI=1S/C21H30N2O5/c1-4-5-8-18(20(24)22-13-15-7-6-10-26-15)28-21(25)17-12-19-16(9-11-27-19)23(17)14(2)3/h9,11-12,14-15,18H,4-8,10,13H2,1-3H3,(H,22,24). The van der Waals surface area contributed by atoms with Crippen LogP contribution in [0, 0.1) is 0 Å². The largest absolute Gasteiger partial charge is 0.463 e. The number of hydrogen-bond donors (Lipinski definition) is 1. The minimum absolute atomic E-state index is 0.0524. The number of carbonyl (C=O) groups is 2. The maximum absolute atomic E-state index is 12.9. The molecule has 2 atom stereocenters. The van der Waals surface area contributed by atoms with Crippen LogP contribution in [0.4, 0.5) is 0 Å². The normalized spacial score (nSPS) is 17.9. The number of nitrogens with one attached hydrogen (secondary N) is 1. The van der Waals surface area contributed by atoms with Gasteiger partial charge in [-0.15, -0.1) is 0 Å². The van der Waals surface area contributed by atoms with E-state index >= 15 is 0 Å². The second-order valence-electron chi connectivity index (χ2n) is 7.58. The van der Waals surface area contributed by atoms with E-state index in [1.165, 1.54) is 0 Å². The fourth-order valence-electron chi connectivity index (χ4n) is 3.61. The number of rotatable bonds is 9. The first-order valence-corrected chi connectivity index (χ1v) is 10.2. The molecular weight excluding hydrogens is 360 g/mol. The van der Waals surface area contributed by atoms with Gasteiger partial charge in [0.15, 0.2) is 11.7 Å². The van der Waals surface area contributed by atoms with Gasteiger partial charge in [0.25, 0.3) is 5.91 Å². The van der Waals surface area contributed by atoms with E-state index in [9.17, 15) is 9.59 Å². The minimum atomic E-state index is -0.810. The van der Waals surface area contributed by atoms with Gasteiger partial charge in [-0.25, -0.2) is 4.79 Å². The number of aromatic nitrogens is 1. The Hall–Kier alpha value is -2.28. The number of amides is 1. The fourth-order valence-corrected chi connectivity index (χ4v) is 3.61. The van der Waals surface area contributed by atoms with E-state index in [0.717, 1.165) is 37.8 Å². The van der Waals surface area contributed by atoms with Crippen molar-refractivity contribution in [2.45, 2.75) is 71.1 Å². The first-order chi connectivity index (χ1) is 13.5. The molecule has 2 unspecified atom stereocenters. The molecule has 2 aromatic rings. The number of ether oxygens (including phenoxy) is 2. The molecule has 7 nitrogen and oxygen atoms in total. The summed E-state index contributed by atoms with van der Waals surface area (Å²) in [4.78, 5) is 25.5. The smallest absolute Gasteiger partial charge is 0.355 e. The molecule has 0 aromatic carbocycles. The maximum Gasteiger partial charge on any atom is 0.355 e. The molecule has 1 N–H and O–H groups in total. The van der Waals surface area contributed by atoms with Crippen molar-refractivity contribution in [2.75, 3.05) is 13.2 Å². The predicted molar refractivity (Wildman–Crippen MR) is 105 cm³/mol. The van der Waals surface area contributed by atoms with E-state index in [2.05, 4.69) is 5.32 Å². The van der Waals surface area contributed by atoms with E-state index in [1.54, 1.807) is 12.3 Å². The lowest BCUT2D eigenvalue weighted by Gasteiger charge is -2.20. The van der Waals surface area contributed by atoms with Crippen LogP contribution in [0.5, 0.6) is 0 Å². The molecule has 154 valence electrons. The van der Waals surface area contributed by atoms with Crippen LogP contribution in [0.25, 0.3) is 11.1 Å². The lowest BCUT2D eigenvalue weighted by Crippen LogP contribution is -2.41. The zero-order valence-electron chi connectivity index (χ0n) is 16.9. The van der Waals surface area contributed by atoms with Crippen LogP contribution in [0.3, 0.4) is 0 Å². The number of furan rings is 1. The van der Waals surface area contributed by atoms with Crippen LogP contribution in [-0.2, 0) is 14.3 Å². The minimum Gasteiger partial charge on any atom is -0.463 e. The van der Waals surface area contributed by atoms with Gasteiger partial charge in [-0.2, -0.15) is 0 Å². The van der Waals surface area contributed by atoms with E-state index in [4.69, 9.17) is 13.9 Å². The molecule has 1 aliphatic rings. The van der Waals surface area contributed by atoms with Crippen LogP contribution >= 0.6 is 0 Å². The maximum atomic E-state index is 12.9. The molecule has 1 amide bonds. The number of carbonyl (C=O) groups excluding carboxylic acids is 2. The summed E-state index contributed by atoms with van der Waals surface area (Å²) in [5.74, 6) is -0.767. The highest BCUT2D eigenvalue weighted by Crippen LogP contribution is 2.26. The molecule has 7 heteroatoms. The van der Waals surface area contributed by atoms with Crippen molar-refractivity contribution in [3.8, 4) is 0 Å². The van der Waals surface area contributed by atoms with Gasteiger partial charge in [0.05, 0.1) is 17.9 Å². The lowest BCUT2D eigenvalue weighted by atomic mass is 10.1. The molecular formula is C21H30N2O5. The third kappa shape index (κ3) is 4.58. The third-order valence-electron chi connectivity index (χ3n) is 5.08. The number of unbranched alkanes of at least 4 members (excludes halogenated alkanes) is 1. The van der Waals surface area contributed by atoms with Crippen molar-refractivity contribution in [3.63, 3.8) is 0 Å². The van der Waals surface area contributed by atoms with Gasteiger partial charge in [-0.3, -0.25) is 4.79 Å². The number of hydrogen-bond acceptors (Lipinski definition) is 5. The van der Waals surface area contributed by atoms with Gasteiger partial charge < -0.3 is 23.8 Å². The number of nitrogens with zero attached hydrogens (tertiary/aromatic N) is 1. The highest BCUT2D eigenvalue weighted by atomic mass is 16.5. The van der Waals surface area contributed by atoms with Gasteiger partial charge in [0.2, 0.25) is 0 Å². The summed E-state index contributed by atoms with van der Waals surface area (Å²) >= 11 is 0. The quantitative estimate of drug-likeness (QED) is 0.658. The van der Waals surface area contributed by atoms with E-state index in [1.807, 2.05) is 31.4 Å². The van der Waals surface area contributed by atoms with Gasteiger partial charge in [-0.1, -0.05) is 13.3 Å². The van der Waals surface area contributed by atoms with E-state index in [0.29, 0.717) is 24.2 Å². The lowest BCUT2D eigenvalue weighted by molar-refractivity contribution is -0.130. The van der Waals surface area contributed by atoms with Gasteiger partial charge in [-0.05, 0) is 39.5 Å². The molecule has 28 heavy (non-hydrogen) atoms. The van der Waals surface area contributed by atoms with Crippen LogP contribution in [0.2, 0.25) is 0 Å². The topological polar surface area (TPSA) is 82.7 Å². The Labute approximate surface area is 165 Å². The molecule has 0 bridgehead atoms. The van der Waals surface area contributed by atoms with Crippen LogP contribution in [-0.4, -0.2) is 41.8 Å². The highest BCUT2D eigenvalue weighted by Gasteiger charge is 2.27. The Balaban J connectivity index is 1.70. The molecule has 0 radical (unpaired) electrons. The highest BCUT2D eigenvalue weighted by molar-refractivity contribution is 5.95. The van der Waals surface area contributed by atoms with Crippen molar-refractivity contribution >= 4 is 23.0 Å². The Bertz CT molecular complexity index is 801. The molecule has 1 saturated heterocycles. The van der Waals surface area contributed by atoms with Crippen LogP contribution in [0.1, 0.15) is 69.4 Å². The Morgan fingerprint density at radius 2 is 2.21 bits per heavy atom. The first-order valence-electron chi connectivity index (χ1n) is 10.2. The zero-order chi connectivity index (χ0) is 20.1. The molecule has 2 aromatic heterocycles. The average Bonchev–Trinajstić information content (AvgIpc) is 3.39. The summed E-state index contributed by atoms with van der Waals surface area (Å²) in [5, 5.41) is 2.88. The molecule has 0 aliphatic carbocycles. The molecule has 3 heterocycles. The Kier molecular flexibility index (Phi) is 6.78. The number of fused-ring (bicyclic) bond motifs is 1. The van der Waals surface area contributed by atoms with Crippen LogP contribution < -0.4 is 5.32 Å². The van der Waals surface area contributed by atoms with Crippen molar-refractivity contribution < 1.29 is 23.5 Å².